The van der Waals surface area contributed by atoms with Gasteiger partial charge in [-0.1, -0.05) is 17.3 Å². The Bertz CT molecular complexity index is 1040. The first-order valence-corrected chi connectivity index (χ1v) is 10.4. The van der Waals surface area contributed by atoms with Crippen molar-refractivity contribution in [1.82, 2.24) is 24.9 Å². The first-order chi connectivity index (χ1) is 15.2. The summed E-state index contributed by atoms with van der Waals surface area (Å²) in [5, 5.41) is 12.9. The van der Waals surface area contributed by atoms with Gasteiger partial charge in [-0.25, -0.2) is 0 Å². The second-order valence-electron chi connectivity index (χ2n) is 7.57. The number of benzene rings is 1. The monoisotopic (exact) mass is 416 g/mol. The molecule has 1 amide bonds. The van der Waals surface area contributed by atoms with E-state index in [0.717, 1.165) is 38.2 Å². The van der Waals surface area contributed by atoms with E-state index in [1.807, 2.05) is 41.3 Å². The number of carbonyl (C=O) groups is 1. The van der Waals surface area contributed by atoms with E-state index in [-0.39, 0.29) is 5.91 Å². The van der Waals surface area contributed by atoms with Crippen LogP contribution in [0.4, 0.5) is 0 Å². The van der Waals surface area contributed by atoms with Gasteiger partial charge in [-0.05, 0) is 36.2 Å². The van der Waals surface area contributed by atoms with Crippen LogP contribution in [0.3, 0.4) is 0 Å². The second kappa shape index (κ2) is 9.96. The Kier molecular flexibility index (Phi) is 6.65. The summed E-state index contributed by atoms with van der Waals surface area (Å²) in [4.78, 5) is 25.4. The molecule has 2 aromatic heterocycles. The van der Waals surface area contributed by atoms with E-state index >= 15 is 0 Å². The number of hydrogen-bond acceptors (Lipinski definition) is 7. The van der Waals surface area contributed by atoms with Gasteiger partial charge in [0.15, 0.2) is 0 Å². The molecule has 3 aromatic rings. The van der Waals surface area contributed by atoms with E-state index in [2.05, 4.69) is 26.1 Å². The van der Waals surface area contributed by atoms with Crippen LogP contribution in [0, 0.1) is 11.3 Å². The molecule has 0 unspecified atom stereocenters. The fraction of sp³-hybridized carbons (Fsp3) is 0.348. The number of amides is 1. The first-order valence-electron chi connectivity index (χ1n) is 10.4. The van der Waals surface area contributed by atoms with Gasteiger partial charge in [0.2, 0.25) is 17.6 Å². The molecule has 0 aliphatic carbocycles. The van der Waals surface area contributed by atoms with Crippen LogP contribution >= 0.6 is 0 Å². The predicted octanol–water partition coefficient (Wildman–Crippen LogP) is 2.67. The quantitative estimate of drug-likeness (QED) is 0.609. The molecule has 158 valence electrons. The topological polar surface area (TPSA) is 99.2 Å². The van der Waals surface area contributed by atoms with Gasteiger partial charge in [-0.15, -0.1) is 0 Å². The molecule has 1 aliphatic heterocycles. The largest absolute Gasteiger partial charge is 0.341 e. The molecule has 1 aromatic carbocycles. The summed E-state index contributed by atoms with van der Waals surface area (Å²) in [6.07, 6.45) is 5.09. The van der Waals surface area contributed by atoms with Crippen LogP contribution in [0.5, 0.6) is 0 Å². The van der Waals surface area contributed by atoms with Crippen molar-refractivity contribution in [2.24, 2.45) is 0 Å². The van der Waals surface area contributed by atoms with Gasteiger partial charge in [0.05, 0.1) is 11.6 Å². The minimum Gasteiger partial charge on any atom is -0.341 e. The maximum atomic E-state index is 12.7. The third-order valence-corrected chi connectivity index (χ3v) is 5.37. The number of nitriles is 1. The van der Waals surface area contributed by atoms with E-state index in [4.69, 9.17) is 9.78 Å². The minimum absolute atomic E-state index is 0.112. The lowest BCUT2D eigenvalue weighted by Crippen LogP contribution is -2.35. The molecule has 1 saturated heterocycles. The maximum absolute atomic E-state index is 12.7. The zero-order valence-electron chi connectivity index (χ0n) is 17.3. The summed E-state index contributed by atoms with van der Waals surface area (Å²) in [6, 6.07) is 13.5. The van der Waals surface area contributed by atoms with E-state index < -0.39 is 0 Å². The first kappa shape index (κ1) is 20.7. The third kappa shape index (κ3) is 5.53. The van der Waals surface area contributed by atoms with Crippen LogP contribution in [0.15, 0.2) is 53.3 Å². The molecule has 1 aliphatic rings. The van der Waals surface area contributed by atoms with Crippen molar-refractivity contribution in [3.63, 3.8) is 0 Å². The lowest BCUT2D eigenvalue weighted by Gasteiger charge is -2.22. The molecule has 4 rings (SSSR count). The molecule has 0 atom stereocenters. The van der Waals surface area contributed by atoms with Crippen molar-refractivity contribution in [2.75, 3.05) is 26.2 Å². The lowest BCUT2D eigenvalue weighted by molar-refractivity contribution is -0.131. The highest BCUT2D eigenvalue weighted by atomic mass is 16.5. The summed E-state index contributed by atoms with van der Waals surface area (Å²) in [6.45, 7) is 4.07. The van der Waals surface area contributed by atoms with E-state index in [9.17, 15) is 4.79 Å². The third-order valence-electron chi connectivity index (χ3n) is 5.37. The minimum atomic E-state index is 0.112. The lowest BCUT2D eigenvalue weighted by atomic mass is 10.1. The van der Waals surface area contributed by atoms with E-state index in [1.165, 1.54) is 5.56 Å². The average Bonchev–Trinajstić information content (AvgIpc) is 3.17. The summed E-state index contributed by atoms with van der Waals surface area (Å²) < 4.78 is 5.29. The summed E-state index contributed by atoms with van der Waals surface area (Å²) >= 11 is 0. The van der Waals surface area contributed by atoms with Crippen LogP contribution in [-0.4, -0.2) is 57.0 Å². The van der Waals surface area contributed by atoms with Crippen LogP contribution in [-0.2, 0) is 17.8 Å². The number of hydrogen-bond donors (Lipinski definition) is 0. The standard InChI is InChI=1S/C23H24N6O2/c24-15-18-4-6-19(7-5-18)17-28-11-2-12-29(14-13-28)22(30)9-8-21-26-23(27-31-21)20-3-1-10-25-16-20/h1,3-7,10,16H,2,8-9,11-14,17H2. The number of rotatable bonds is 6. The van der Waals surface area contributed by atoms with Crippen molar-refractivity contribution < 1.29 is 9.32 Å². The maximum Gasteiger partial charge on any atom is 0.227 e. The van der Waals surface area contributed by atoms with E-state index in [0.29, 0.717) is 36.7 Å². The van der Waals surface area contributed by atoms with Gasteiger partial charge < -0.3 is 9.42 Å². The van der Waals surface area contributed by atoms with Crippen LogP contribution < -0.4 is 0 Å². The average molecular weight is 416 g/mol. The number of nitrogens with zero attached hydrogens (tertiary/aromatic N) is 6. The molecule has 0 saturated carbocycles. The zero-order chi connectivity index (χ0) is 21.5. The van der Waals surface area contributed by atoms with Crippen molar-refractivity contribution in [1.29, 1.82) is 5.26 Å². The molecule has 0 N–H and O–H groups in total. The fourth-order valence-electron chi connectivity index (χ4n) is 3.66. The molecular formula is C23H24N6O2. The van der Waals surface area contributed by atoms with Crippen LogP contribution in [0.2, 0.25) is 0 Å². The van der Waals surface area contributed by atoms with Crippen LogP contribution in [0.25, 0.3) is 11.4 Å². The predicted molar refractivity (Wildman–Crippen MR) is 113 cm³/mol. The fourth-order valence-corrected chi connectivity index (χ4v) is 3.66. The Labute approximate surface area is 181 Å². The highest BCUT2D eigenvalue weighted by molar-refractivity contribution is 5.76. The Balaban J connectivity index is 1.26. The van der Waals surface area contributed by atoms with Crippen molar-refractivity contribution in [3.8, 4) is 17.5 Å². The number of pyridine rings is 1. The molecule has 8 heteroatoms. The molecule has 0 spiro atoms. The van der Waals surface area contributed by atoms with Gasteiger partial charge in [-0.3, -0.25) is 14.7 Å². The Morgan fingerprint density at radius 3 is 2.77 bits per heavy atom. The Morgan fingerprint density at radius 1 is 1.13 bits per heavy atom. The second-order valence-corrected chi connectivity index (χ2v) is 7.57. The van der Waals surface area contributed by atoms with Gasteiger partial charge in [0.1, 0.15) is 0 Å². The summed E-state index contributed by atoms with van der Waals surface area (Å²) in [5.74, 6) is 1.06. The van der Waals surface area contributed by atoms with Crippen LogP contribution in [0.1, 0.15) is 29.9 Å². The molecule has 0 bridgehead atoms. The highest BCUT2D eigenvalue weighted by Gasteiger charge is 2.20. The molecule has 3 heterocycles. The Hall–Kier alpha value is -3.57. The number of carbonyl (C=O) groups excluding carboxylic acids is 1. The smallest absolute Gasteiger partial charge is 0.227 e. The molecule has 31 heavy (non-hydrogen) atoms. The summed E-state index contributed by atoms with van der Waals surface area (Å²) in [7, 11) is 0. The van der Waals surface area contributed by atoms with Crippen molar-refractivity contribution in [2.45, 2.75) is 25.8 Å². The normalized spacial score (nSPS) is 14.7. The Morgan fingerprint density at radius 2 is 2.00 bits per heavy atom. The molecular weight excluding hydrogens is 392 g/mol. The van der Waals surface area contributed by atoms with E-state index in [1.54, 1.807) is 12.4 Å². The SMILES string of the molecule is N#Cc1ccc(CN2CCCN(C(=O)CCc3nc(-c4cccnc4)no3)CC2)cc1. The highest BCUT2D eigenvalue weighted by Crippen LogP contribution is 2.15. The van der Waals surface area contributed by atoms with Gasteiger partial charge in [0.25, 0.3) is 0 Å². The molecule has 8 nitrogen and oxygen atoms in total. The van der Waals surface area contributed by atoms with Gasteiger partial charge >= 0.3 is 0 Å². The zero-order valence-corrected chi connectivity index (χ0v) is 17.3. The number of aryl methyl sites for hydroxylation is 1. The van der Waals surface area contributed by atoms with Gasteiger partial charge in [0, 0.05) is 63.5 Å². The number of aromatic nitrogens is 3. The van der Waals surface area contributed by atoms with Crippen molar-refractivity contribution >= 4 is 5.91 Å². The van der Waals surface area contributed by atoms with Crippen molar-refractivity contribution in [3.05, 3.63) is 65.8 Å². The summed E-state index contributed by atoms with van der Waals surface area (Å²) in [5.41, 5.74) is 2.64. The molecule has 0 radical (unpaired) electrons. The van der Waals surface area contributed by atoms with Gasteiger partial charge in [-0.2, -0.15) is 10.2 Å². The molecule has 1 fully saturated rings.